The first-order chi connectivity index (χ1) is 24.6. The van der Waals surface area contributed by atoms with E-state index in [2.05, 4.69) is 15.3 Å². The van der Waals surface area contributed by atoms with Crippen molar-refractivity contribution < 1.29 is 34.1 Å². The molecule has 0 radical (unpaired) electrons. The number of carboxylic acid groups (broad SMARTS) is 2. The fourth-order valence-electron chi connectivity index (χ4n) is 6.89. The van der Waals surface area contributed by atoms with Crippen LogP contribution in [0.4, 0.5) is 5.82 Å². The summed E-state index contributed by atoms with van der Waals surface area (Å²) in [6.07, 6.45) is 2.73. The van der Waals surface area contributed by atoms with Gasteiger partial charge in [0, 0.05) is 56.6 Å². The Bertz CT molecular complexity index is 2000. The molecule has 12 nitrogen and oxygen atoms in total. The van der Waals surface area contributed by atoms with Gasteiger partial charge in [-0.1, -0.05) is 59.6 Å². The molecule has 3 N–H and O–H groups in total. The van der Waals surface area contributed by atoms with Crippen molar-refractivity contribution in [1.82, 2.24) is 19.8 Å². The molecule has 4 heterocycles. The summed E-state index contributed by atoms with van der Waals surface area (Å²) in [7, 11) is 1.52. The first-order valence-electron chi connectivity index (χ1n) is 16.5. The number of ether oxygens (including phenoxy) is 2. The van der Waals surface area contributed by atoms with Crippen molar-refractivity contribution in [3.8, 4) is 22.9 Å². The second-order valence-corrected chi connectivity index (χ2v) is 13.9. The molecule has 14 heteroatoms. The van der Waals surface area contributed by atoms with Crippen LogP contribution < -0.4 is 14.8 Å². The molecule has 51 heavy (non-hydrogen) atoms. The molecule has 0 spiro atoms. The largest absolute Gasteiger partial charge is 0.481 e. The zero-order chi connectivity index (χ0) is 35.8. The zero-order valence-electron chi connectivity index (χ0n) is 27.6. The van der Waals surface area contributed by atoms with Gasteiger partial charge in [0.1, 0.15) is 16.9 Å². The molecular formula is C37H35Cl2N5O7. The van der Waals surface area contributed by atoms with E-state index in [-0.39, 0.29) is 23.8 Å². The van der Waals surface area contributed by atoms with E-state index in [9.17, 15) is 19.5 Å². The SMILES string of the molecule is COc1nc(OC2CCc3c(-c4cccc(C(=O)Nc5ccc(CN6CC(C(=O)O)C6)cn5)c4Cl)cccc32)c(Cl)cc1CN1CC(C(=O)O)C1. The summed E-state index contributed by atoms with van der Waals surface area (Å²) < 4.78 is 11.9. The van der Waals surface area contributed by atoms with E-state index in [4.69, 9.17) is 37.8 Å². The molecule has 0 bridgehead atoms. The van der Waals surface area contributed by atoms with E-state index in [1.165, 1.54) is 7.11 Å². The van der Waals surface area contributed by atoms with Crippen LogP contribution in [-0.4, -0.2) is 81.1 Å². The van der Waals surface area contributed by atoms with Crippen molar-refractivity contribution in [1.29, 1.82) is 0 Å². The van der Waals surface area contributed by atoms with Crippen molar-refractivity contribution in [2.45, 2.75) is 32.0 Å². The minimum Gasteiger partial charge on any atom is -0.481 e. The van der Waals surface area contributed by atoms with Gasteiger partial charge in [-0.15, -0.1) is 0 Å². The average molecular weight is 733 g/mol. The molecular weight excluding hydrogens is 697 g/mol. The number of nitrogens with zero attached hydrogens (tertiary/aromatic N) is 4. The highest BCUT2D eigenvalue weighted by atomic mass is 35.5. The summed E-state index contributed by atoms with van der Waals surface area (Å²) in [5, 5.41) is 21.8. The predicted molar refractivity (Wildman–Crippen MR) is 189 cm³/mol. The number of hydrogen-bond acceptors (Lipinski definition) is 9. The van der Waals surface area contributed by atoms with E-state index in [0.717, 1.165) is 33.4 Å². The maximum atomic E-state index is 13.4. The number of methoxy groups -OCH3 is 1. The number of likely N-dealkylation sites (tertiary alicyclic amines) is 2. The Hall–Kier alpha value is -4.75. The third-order valence-corrected chi connectivity index (χ3v) is 10.3. The van der Waals surface area contributed by atoms with Crippen LogP contribution in [0.25, 0.3) is 11.1 Å². The van der Waals surface area contributed by atoms with Gasteiger partial charge >= 0.3 is 11.9 Å². The number of carbonyl (C=O) groups is 3. The fraction of sp³-hybridized carbons (Fsp3) is 0.324. The summed E-state index contributed by atoms with van der Waals surface area (Å²) in [5.41, 5.74) is 5.63. The number of anilines is 1. The molecule has 1 aliphatic carbocycles. The molecule has 2 aromatic heterocycles. The number of carboxylic acids is 2. The zero-order valence-corrected chi connectivity index (χ0v) is 29.2. The molecule has 7 rings (SSSR count). The van der Waals surface area contributed by atoms with Crippen molar-refractivity contribution >= 4 is 46.9 Å². The Morgan fingerprint density at radius 3 is 2.25 bits per heavy atom. The van der Waals surface area contributed by atoms with Gasteiger partial charge in [-0.25, -0.2) is 4.98 Å². The molecule has 0 saturated carbocycles. The van der Waals surface area contributed by atoms with Crippen LogP contribution in [0.3, 0.4) is 0 Å². The van der Waals surface area contributed by atoms with Crippen LogP contribution in [0.2, 0.25) is 10.0 Å². The van der Waals surface area contributed by atoms with Gasteiger partial charge in [0.15, 0.2) is 0 Å². The number of pyridine rings is 2. The average Bonchev–Trinajstić information content (AvgIpc) is 3.48. The molecule has 1 amide bonds. The molecule has 2 aromatic carbocycles. The molecule has 3 aliphatic rings. The summed E-state index contributed by atoms with van der Waals surface area (Å²) >= 11 is 13.6. The number of rotatable bonds is 12. The van der Waals surface area contributed by atoms with Crippen LogP contribution in [0.15, 0.2) is 60.8 Å². The maximum absolute atomic E-state index is 13.4. The van der Waals surface area contributed by atoms with Crippen LogP contribution in [-0.2, 0) is 29.1 Å². The van der Waals surface area contributed by atoms with Gasteiger partial charge < -0.3 is 25.0 Å². The Balaban J connectivity index is 1.03. The highest BCUT2D eigenvalue weighted by Crippen LogP contribution is 2.43. The van der Waals surface area contributed by atoms with Crippen molar-refractivity contribution in [2.75, 3.05) is 38.6 Å². The number of hydrogen-bond donors (Lipinski definition) is 3. The van der Waals surface area contributed by atoms with Gasteiger partial charge in [-0.05, 0) is 53.3 Å². The number of halogens is 2. The highest BCUT2D eigenvalue weighted by Gasteiger charge is 2.34. The number of benzene rings is 2. The smallest absolute Gasteiger partial charge is 0.309 e. The minimum absolute atomic E-state index is 0.248. The Morgan fingerprint density at radius 1 is 0.902 bits per heavy atom. The molecule has 4 aromatic rings. The normalized spacial score (nSPS) is 17.7. The summed E-state index contributed by atoms with van der Waals surface area (Å²) in [4.78, 5) is 48.6. The maximum Gasteiger partial charge on any atom is 0.309 e. The third kappa shape index (κ3) is 7.22. The monoisotopic (exact) mass is 731 g/mol. The van der Waals surface area contributed by atoms with Gasteiger partial charge in [0.2, 0.25) is 11.8 Å². The number of fused-ring (bicyclic) bond motifs is 1. The first-order valence-corrected chi connectivity index (χ1v) is 17.3. The summed E-state index contributed by atoms with van der Waals surface area (Å²) in [6.45, 7) is 2.98. The van der Waals surface area contributed by atoms with Crippen molar-refractivity contribution in [3.05, 3.63) is 98.7 Å². The van der Waals surface area contributed by atoms with E-state index >= 15 is 0 Å². The number of carbonyl (C=O) groups excluding carboxylic acids is 1. The highest BCUT2D eigenvalue weighted by molar-refractivity contribution is 6.37. The van der Waals surface area contributed by atoms with Crippen molar-refractivity contribution in [3.63, 3.8) is 0 Å². The Morgan fingerprint density at radius 2 is 1.59 bits per heavy atom. The van der Waals surface area contributed by atoms with E-state index in [1.54, 1.807) is 30.5 Å². The molecule has 1 unspecified atom stereocenters. The predicted octanol–water partition coefficient (Wildman–Crippen LogP) is 5.81. The minimum atomic E-state index is -0.798. The standard InChI is InChI=1S/C37H35Cl2N5O7/c1-50-34-21(15-44-18-23(19-44)37(48)49)12-29(38)35(42-34)51-30-10-9-25-24(4-2-5-26(25)30)27-6-3-7-28(32(27)39)33(45)41-31-11-8-20(13-40-31)14-43-16-22(17-43)36(46)47/h2-8,11-13,22-23,30H,9-10,14-19H2,1H3,(H,46,47)(H,48,49)(H,40,41,45). The van der Waals surface area contributed by atoms with Crippen LogP contribution in [0, 0.1) is 11.8 Å². The number of aromatic nitrogens is 2. The van der Waals surface area contributed by atoms with Gasteiger partial charge in [-0.3, -0.25) is 24.2 Å². The number of amides is 1. The van der Waals surface area contributed by atoms with E-state index < -0.39 is 17.8 Å². The Kier molecular flexibility index (Phi) is 9.84. The molecule has 2 saturated heterocycles. The summed E-state index contributed by atoms with van der Waals surface area (Å²) in [5.74, 6) is -1.67. The quantitative estimate of drug-likeness (QED) is 0.162. The lowest BCUT2D eigenvalue weighted by Gasteiger charge is -2.36. The third-order valence-electron chi connectivity index (χ3n) is 9.66. The van der Waals surface area contributed by atoms with Crippen LogP contribution in [0.5, 0.6) is 11.8 Å². The van der Waals surface area contributed by atoms with Gasteiger partial charge in [0.05, 0.1) is 29.5 Å². The van der Waals surface area contributed by atoms with Crippen molar-refractivity contribution in [2.24, 2.45) is 11.8 Å². The molecule has 2 aliphatic heterocycles. The van der Waals surface area contributed by atoms with Crippen LogP contribution >= 0.6 is 23.2 Å². The summed E-state index contributed by atoms with van der Waals surface area (Å²) in [6, 6.07) is 16.6. The lowest BCUT2D eigenvalue weighted by atomic mass is 9.95. The first kappa shape index (κ1) is 34.7. The fourth-order valence-corrected chi connectivity index (χ4v) is 7.42. The van der Waals surface area contributed by atoms with E-state index in [0.29, 0.717) is 79.4 Å². The lowest BCUT2D eigenvalue weighted by molar-refractivity contribution is -0.148. The topological polar surface area (TPSA) is 154 Å². The van der Waals surface area contributed by atoms with Gasteiger partial charge in [-0.2, -0.15) is 4.98 Å². The second-order valence-electron chi connectivity index (χ2n) is 13.1. The lowest BCUT2D eigenvalue weighted by Crippen LogP contribution is -2.49. The van der Waals surface area contributed by atoms with Crippen LogP contribution in [0.1, 0.15) is 45.1 Å². The molecule has 264 valence electrons. The number of aliphatic carboxylic acids is 2. The molecule has 2 fully saturated rings. The van der Waals surface area contributed by atoms with E-state index in [1.807, 2.05) is 40.1 Å². The molecule has 1 atom stereocenters. The second kappa shape index (κ2) is 14.5. The van der Waals surface area contributed by atoms with Gasteiger partial charge in [0.25, 0.3) is 5.91 Å². The number of nitrogens with one attached hydrogen (secondary N) is 1. The Labute approximate surface area is 303 Å².